The van der Waals surface area contributed by atoms with Gasteiger partial charge in [-0.25, -0.2) is 80.2 Å². The van der Waals surface area contributed by atoms with Crippen molar-refractivity contribution < 1.29 is 195 Å². The minimum absolute atomic E-state index is 0. The van der Waals surface area contributed by atoms with Gasteiger partial charge in [-0.2, -0.15) is 105 Å². The van der Waals surface area contributed by atoms with Crippen molar-refractivity contribution in [1.82, 2.24) is 39.9 Å². The first-order valence-electron chi connectivity index (χ1n) is 27.1. The molecule has 0 N–H and O–H groups in total. The van der Waals surface area contributed by atoms with Crippen molar-refractivity contribution in [2.75, 3.05) is 0 Å². The molecule has 2 aliphatic rings. The van der Waals surface area contributed by atoms with E-state index in [1.807, 2.05) is 0 Å². The van der Waals surface area contributed by atoms with E-state index in [-0.39, 0.29) is 47.2 Å². The fourth-order valence-electron chi connectivity index (χ4n) is 11.3. The summed E-state index contributed by atoms with van der Waals surface area (Å²) in [6.45, 7) is -4.59. The Kier molecular flexibility index (Phi) is 18.5. The quantitative estimate of drug-likeness (QED) is 0.109. The number of alkyl halides is 32. The van der Waals surface area contributed by atoms with E-state index in [9.17, 15) is 105 Å². The molecular formula is C56H24F40N8Zn. The van der Waals surface area contributed by atoms with Gasteiger partial charge in [0.1, 0.15) is 57.9 Å². The van der Waals surface area contributed by atoms with Crippen molar-refractivity contribution in [1.29, 1.82) is 0 Å². The van der Waals surface area contributed by atoms with Crippen LogP contribution in [0.15, 0.2) is 0 Å². The maximum absolute atomic E-state index is 17.7. The Morgan fingerprint density at radius 3 is 0.590 bits per heavy atom. The average Bonchev–Trinajstić information content (AvgIpc) is 1.49. The van der Waals surface area contributed by atoms with E-state index in [1.54, 1.807) is 0 Å². The molecule has 0 radical (unpaired) electrons. The predicted molar refractivity (Wildman–Crippen MR) is 270 cm³/mol. The third kappa shape index (κ3) is 11.5. The zero-order chi connectivity index (χ0) is 80.1. The number of halogens is 40. The van der Waals surface area contributed by atoms with E-state index in [0.717, 1.165) is 0 Å². The molecule has 2 aliphatic heterocycles. The molecule has 8 bridgehead atoms. The smallest absolute Gasteiger partial charge is 0.357 e. The minimum Gasteiger partial charge on any atom is -0.357 e. The van der Waals surface area contributed by atoms with E-state index >= 15 is 70.2 Å². The fraction of sp³-hybridized carbons (Fsp3) is 0.429. The normalized spacial score (nSPS) is 16.6. The average molecular weight is 1630 g/mol. The first-order chi connectivity index (χ1) is 46.1. The van der Waals surface area contributed by atoms with E-state index in [0.29, 0.717) is 0 Å². The first-order valence-corrected chi connectivity index (χ1v) is 27.1. The summed E-state index contributed by atoms with van der Waals surface area (Å²) in [6, 6.07) is 0. The Morgan fingerprint density at radius 1 is 0.210 bits per heavy atom. The molecule has 5 heterocycles. The number of hydrogen-bond acceptors (Lipinski definition) is 6. The van der Waals surface area contributed by atoms with Crippen molar-refractivity contribution in [2.45, 2.75) is 150 Å². The monoisotopic (exact) mass is 1630 g/mol. The van der Waals surface area contributed by atoms with Crippen LogP contribution in [0.25, 0.3) is 89.7 Å². The summed E-state index contributed by atoms with van der Waals surface area (Å²) in [5.74, 6) is -40.6. The molecule has 4 atom stereocenters. The Labute approximate surface area is 564 Å². The van der Waals surface area contributed by atoms with Crippen LogP contribution >= 0.6 is 0 Å². The molecule has 0 fully saturated rings. The molecule has 0 saturated carbocycles. The Bertz CT molecular complexity index is 4970. The summed E-state index contributed by atoms with van der Waals surface area (Å²) in [4.78, 5) is 23.9. The Balaban J connectivity index is 0.0000139. The molecule has 0 saturated heterocycles. The van der Waals surface area contributed by atoms with Gasteiger partial charge in [-0.1, -0.05) is 0 Å². The molecule has 49 heteroatoms. The molecule has 0 unspecified atom stereocenters. The minimum atomic E-state index is -8.22. The third-order valence-electron chi connectivity index (χ3n) is 16.4. The second-order valence-electron chi connectivity index (χ2n) is 24.3. The zero-order valence-corrected chi connectivity index (χ0v) is 54.4. The van der Waals surface area contributed by atoms with Gasteiger partial charge in [-0.05, 0) is 55.4 Å². The summed E-state index contributed by atoms with van der Waals surface area (Å²) in [7, 11) is 0. The summed E-state index contributed by atoms with van der Waals surface area (Å²) < 4.78 is 628. The summed E-state index contributed by atoms with van der Waals surface area (Å²) in [6.07, 6.45) is -61.2. The largest absolute Gasteiger partial charge is 2.00 e. The molecule has 3 aromatic heterocycles. The van der Waals surface area contributed by atoms with Crippen molar-refractivity contribution >= 4 is 44.1 Å². The van der Waals surface area contributed by atoms with Crippen LogP contribution in [-0.2, 0) is 64.8 Å². The summed E-state index contributed by atoms with van der Waals surface area (Å²) in [5.41, 5.74) is -101. The van der Waals surface area contributed by atoms with Gasteiger partial charge in [-0.3, -0.25) is 0 Å². The van der Waals surface area contributed by atoms with E-state index < -0.39 is 303 Å². The van der Waals surface area contributed by atoms with Crippen LogP contribution < -0.4 is 9.97 Å². The molecule has 8 nitrogen and oxygen atoms in total. The van der Waals surface area contributed by atoms with Crippen LogP contribution in [0.5, 0.6) is 0 Å². The molecule has 0 amide bonds. The molecule has 7 aromatic rings. The van der Waals surface area contributed by atoms with E-state index in [1.165, 1.54) is 0 Å². The van der Waals surface area contributed by atoms with Crippen LogP contribution in [-0.4, -0.2) is 79.3 Å². The number of fused-ring (bicyclic) bond motifs is 20. The van der Waals surface area contributed by atoms with Gasteiger partial charge in [0.2, 0.25) is 22.7 Å². The van der Waals surface area contributed by atoms with Crippen LogP contribution in [0.4, 0.5) is 176 Å². The van der Waals surface area contributed by atoms with E-state index in [2.05, 4.69) is 39.9 Å². The predicted octanol–water partition coefficient (Wildman–Crippen LogP) is 21.2. The number of benzene rings is 4. The second-order valence-corrected chi connectivity index (χ2v) is 24.3. The van der Waals surface area contributed by atoms with Gasteiger partial charge in [-0.15, -0.1) is 0 Å². The second kappa shape index (κ2) is 23.5. The molecule has 9 rings (SSSR count). The summed E-state index contributed by atoms with van der Waals surface area (Å²) in [5, 5.41) is -11.5. The van der Waals surface area contributed by atoms with Crippen molar-refractivity contribution in [2.24, 2.45) is 0 Å². The topological polar surface area (TPSA) is 106 Å². The maximum atomic E-state index is 17.7. The number of aromatic nitrogens is 8. The molecular weight excluding hydrogens is 1610 g/mol. The molecule has 0 spiro atoms. The van der Waals surface area contributed by atoms with Crippen LogP contribution in [0, 0.1) is 46.5 Å². The van der Waals surface area contributed by atoms with Gasteiger partial charge in [0.25, 0.3) is 0 Å². The SMILES string of the molecule is CC(C)(F)c1c(F)c2c(c(F)c1[C@](C)(F)C(F)(F)F)-c1nc-2nc2[n-]c(nc3nc(nc4[n-]c(n1)c1c(F)c([C@](C)(F)C(F)(F)F)c(C(F)(C(F)(F)F)C(F)(F)F)c(F)c41)-c1c(F)c(C(F)(C(F)(F)F)C(F)(F)F)c([C@@](C)(F)C(F)(F)F)c(F)c1-3)c1c(F)c([C@@](C)(F)C(F)(F)F)c(C(C)(C)F)c(F)c21.[Zn+2]. The molecule has 105 heavy (non-hydrogen) atoms. The third-order valence-corrected chi connectivity index (χ3v) is 16.4. The zero-order valence-electron chi connectivity index (χ0n) is 51.4. The first kappa shape index (κ1) is 82.7. The van der Waals surface area contributed by atoms with Gasteiger partial charge in [0.05, 0.1) is 56.7 Å². The van der Waals surface area contributed by atoms with Gasteiger partial charge in [0.15, 0.2) is 0 Å². The Morgan fingerprint density at radius 2 is 0.371 bits per heavy atom. The van der Waals surface area contributed by atoms with Crippen LogP contribution in [0.3, 0.4) is 0 Å². The molecule has 0 aliphatic carbocycles. The molecule has 570 valence electrons. The number of rotatable bonds is 8. The van der Waals surface area contributed by atoms with Gasteiger partial charge >= 0.3 is 80.2 Å². The fourth-order valence-corrected chi connectivity index (χ4v) is 11.3. The van der Waals surface area contributed by atoms with Crippen LogP contribution in [0.2, 0.25) is 0 Å². The van der Waals surface area contributed by atoms with Crippen molar-refractivity contribution in [3.63, 3.8) is 0 Å². The van der Waals surface area contributed by atoms with Gasteiger partial charge in [0, 0.05) is 77.5 Å². The molecule has 4 aromatic carbocycles. The summed E-state index contributed by atoms with van der Waals surface area (Å²) >= 11 is 0. The van der Waals surface area contributed by atoms with Crippen molar-refractivity contribution in [3.8, 4) is 45.6 Å². The van der Waals surface area contributed by atoms with Crippen LogP contribution in [0.1, 0.15) is 99.9 Å². The standard InChI is InChI=1S/C56H24F40N8.Zn/c1-41(2,65)17-19(43(5,67)49(73,74)75)27(59)11-9(25(17)57)33-97-34-10-12(28(60)20(44(6,68)50(76,77)78)18(26(10)58)42(3,4)66)36(99-34)101-38-14-16(32(64)24(48(72,55(91,92)93)56(94,95)96)22(30(14)62)46(8,70)52(82,83)84)40(103-38)104-39-15-13(37(102-39)100-35(11)98-33)29(61)21(45(7,69)51(79,80)81)23(31(15)63)47(71,53(85,86)87)54(88,89)90;/h1-8H3;/q-2;+2/t43-,44+,45-,46+;. The van der Waals surface area contributed by atoms with Crippen molar-refractivity contribution in [3.05, 3.63) is 91.0 Å². The Hall–Kier alpha value is -7.94. The number of nitrogens with zero attached hydrogens (tertiary/aromatic N) is 8. The number of hydrogen-bond donors (Lipinski definition) is 0. The van der Waals surface area contributed by atoms with Gasteiger partial charge < -0.3 is 29.9 Å². The maximum Gasteiger partial charge on any atom is 2.00 e. The van der Waals surface area contributed by atoms with E-state index in [4.69, 9.17) is 0 Å².